The van der Waals surface area contributed by atoms with Crippen molar-refractivity contribution in [3.8, 4) is 0 Å². The Morgan fingerprint density at radius 1 is 1.42 bits per heavy atom. The number of hydrogen-bond donors (Lipinski definition) is 1. The van der Waals surface area contributed by atoms with Gasteiger partial charge in [0.25, 0.3) is 5.91 Å². The fraction of sp³-hybridized carbons (Fsp3) is 0.846. The van der Waals surface area contributed by atoms with Gasteiger partial charge in [-0.05, 0) is 19.3 Å². The van der Waals surface area contributed by atoms with E-state index in [-0.39, 0.29) is 24.0 Å². The second-order valence-corrected chi connectivity index (χ2v) is 5.31. The van der Waals surface area contributed by atoms with Crippen molar-refractivity contribution in [2.24, 2.45) is 0 Å². The van der Waals surface area contributed by atoms with Gasteiger partial charge in [-0.1, -0.05) is 19.8 Å². The highest BCUT2D eigenvalue weighted by Crippen LogP contribution is 2.28. The Bertz CT molecular complexity index is 348. The maximum absolute atomic E-state index is 12.0. The van der Waals surface area contributed by atoms with Gasteiger partial charge >= 0.3 is 6.03 Å². The van der Waals surface area contributed by atoms with Gasteiger partial charge in [-0.3, -0.25) is 9.63 Å². The van der Waals surface area contributed by atoms with Crippen molar-refractivity contribution in [1.29, 1.82) is 0 Å². The Labute approximate surface area is 114 Å². The van der Waals surface area contributed by atoms with Gasteiger partial charge in [0.05, 0.1) is 12.6 Å². The average Bonchev–Trinajstić information content (AvgIpc) is 2.64. The Balaban J connectivity index is 1.78. The highest BCUT2D eigenvalue weighted by Gasteiger charge is 2.45. The van der Waals surface area contributed by atoms with Crippen molar-refractivity contribution in [2.45, 2.75) is 51.1 Å². The highest BCUT2D eigenvalue weighted by molar-refractivity contribution is 5.88. The molecule has 1 N–H and O–H groups in total. The van der Waals surface area contributed by atoms with Gasteiger partial charge in [-0.2, -0.15) is 0 Å². The molecule has 0 aliphatic carbocycles. The van der Waals surface area contributed by atoms with E-state index in [2.05, 4.69) is 12.4 Å². The van der Waals surface area contributed by atoms with Crippen LogP contribution >= 0.6 is 0 Å². The van der Waals surface area contributed by atoms with E-state index in [0.29, 0.717) is 19.6 Å². The summed E-state index contributed by atoms with van der Waals surface area (Å²) in [6.45, 7) is 3.30. The molecule has 2 rings (SSSR count). The second kappa shape index (κ2) is 6.23. The van der Waals surface area contributed by atoms with Crippen LogP contribution in [0.15, 0.2) is 0 Å². The van der Waals surface area contributed by atoms with Crippen LogP contribution in [0.4, 0.5) is 4.79 Å². The molecule has 3 amide bonds. The van der Waals surface area contributed by atoms with E-state index in [1.807, 2.05) is 0 Å². The normalized spacial score (nSPS) is 25.9. The summed E-state index contributed by atoms with van der Waals surface area (Å²) in [5, 5.41) is 0. The zero-order chi connectivity index (χ0) is 13.8. The molecule has 2 heterocycles. The number of nitrogens with one attached hydrogen (secondary N) is 1. The number of rotatable bonds is 6. The molecule has 2 fully saturated rings. The molecule has 6 heteroatoms. The zero-order valence-electron chi connectivity index (χ0n) is 11.7. The molecular weight excluding hydrogens is 246 g/mol. The number of hydrogen-bond acceptors (Lipinski definition) is 3. The molecule has 19 heavy (non-hydrogen) atoms. The molecule has 2 aliphatic rings. The van der Waals surface area contributed by atoms with Gasteiger partial charge in [0.2, 0.25) is 0 Å². The maximum atomic E-state index is 12.0. The molecule has 108 valence electrons. The van der Waals surface area contributed by atoms with Crippen molar-refractivity contribution in [3.63, 3.8) is 0 Å². The molecule has 6 nitrogen and oxygen atoms in total. The van der Waals surface area contributed by atoms with Crippen LogP contribution in [0.2, 0.25) is 0 Å². The smallest absolute Gasteiger partial charge is 0.320 e. The summed E-state index contributed by atoms with van der Waals surface area (Å²) in [4.78, 5) is 32.5. The maximum Gasteiger partial charge on any atom is 0.320 e. The zero-order valence-corrected chi connectivity index (χ0v) is 11.7. The fourth-order valence-electron chi connectivity index (χ4n) is 2.73. The number of unbranched alkanes of at least 4 members (excludes halogenated alkanes) is 2. The minimum Gasteiger partial charge on any atom is -0.323 e. The third kappa shape index (κ3) is 3.00. The predicted molar refractivity (Wildman–Crippen MR) is 70.3 cm³/mol. The number of likely N-dealkylation sites (N-methyl/N-ethyl adjacent to an activating group) is 1. The number of nitrogens with zero attached hydrogens (tertiary/aromatic N) is 2. The minimum atomic E-state index is -0.375. The van der Waals surface area contributed by atoms with Crippen LogP contribution in [0.25, 0.3) is 0 Å². The third-order valence-electron chi connectivity index (χ3n) is 3.98. The predicted octanol–water partition coefficient (Wildman–Crippen LogP) is 1.12. The van der Waals surface area contributed by atoms with Gasteiger partial charge in [0.1, 0.15) is 6.04 Å². The summed E-state index contributed by atoms with van der Waals surface area (Å²) < 4.78 is 0. The molecule has 2 saturated heterocycles. The second-order valence-electron chi connectivity index (χ2n) is 5.31. The van der Waals surface area contributed by atoms with Crippen LogP contribution in [0.5, 0.6) is 0 Å². The molecule has 2 aliphatic heterocycles. The van der Waals surface area contributed by atoms with Crippen LogP contribution < -0.4 is 5.48 Å². The van der Waals surface area contributed by atoms with Crippen molar-refractivity contribution >= 4 is 11.9 Å². The molecule has 2 bridgehead atoms. The highest BCUT2D eigenvalue weighted by atomic mass is 16.6. The Morgan fingerprint density at radius 3 is 2.95 bits per heavy atom. The first-order valence-corrected chi connectivity index (χ1v) is 7.10. The number of fused-ring (bicyclic) bond motifs is 2. The van der Waals surface area contributed by atoms with E-state index in [4.69, 9.17) is 4.84 Å². The number of urea groups is 1. The van der Waals surface area contributed by atoms with E-state index in [0.717, 1.165) is 25.7 Å². The standard InChI is InChI=1S/C13H23N3O3/c1-3-4-5-8-19-14-12(17)11-7-6-10-9-16(11)13(18)15(10)2/h10-11H,3-9H2,1-2H3,(H,14,17)/t10-,11+/m1/s1. The van der Waals surface area contributed by atoms with Gasteiger partial charge in [-0.15, -0.1) is 0 Å². The van der Waals surface area contributed by atoms with E-state index in [1.165, 1.54) is 0 Å². The van der Waals surface area contributed by atoms with Crippen LogP contribution in [-0.4, -0.2) is 54.0 Å². The molecular formula is C13H23N3O3. The largest absolute Gasteiger partial charge is 0.323 e. The first-order chi connectivity index (χ1) is 9.15. The summed E-state index contributed by atoms with van der Waals surface area (Å²) in [5.41, 5.74) is 2.48. The average molecular weight is 269 g/mol. The topological polar surface area (TPSA) is 61.9 Å². The molecule has 0 aromatic carbocycles. The summed E-state index contributed by atoms with van der Waals surface area (Å²) in [6, 6.07) is -0.157. The lowest BCUT2D eigenvalue weighted by molar-refractivity contribution is -0.138. The van der Waals surface area contributed by atoms with E-state index >= 15 is 0 Å². The number of piperidine rings is 1. The molecule has 0 saturated carbocycles. The van der Waals surface area contributed by atoms with E-state index in [1.54, 1.807) is 16.8 Å². The summed E-state index contributed by atoms with van der Waals surface area (Å²) >= 11 is 0. The van der Waals surface area contributed by atoms with Gasteiger partial charge in [0, 0.05) is 13.6 Å². The van der Waals surface area contributed by atoms with Gasteiger partial charge < -0.3 is 9.80 Å². The quantitative estimate of drug-likeness (QED) is 0.580. The summed E-state index contributed by atoms with van der Waals surface area (Å²) in [5.74, 6) is -0.196. The first kappa shape index (κ1) is 14.1. The Hall–Kier alpha value is -1.30. The summed E-state index contributed by atoms with van der Waals surface area (Å²) in [6.07, 6.45) is 4.75. The van der Waals surface area contributed by atoms with E-state index < -0.39 is 0 Å². The molecule has 0 radical (unpaired) electrons. The number of carbonyl (C=O) groups is 2. The molecule has 2 atom stereocenters. The lowest BCUT2D eigenvalue weighted by Crippen LogP contribution is -2.49. The fourth-order valence-corrected chi connectivity index (χ4v) is 2.73. The molecule has 0 spiro atoms. The van der Waals surface area contributed by atoms with Crippen molar-refractivity contribution in [2.75, 3.05) is 20.2 Å². The summed E-state index contributed by atoms with van der Waals surface area (Å²) in [7, 11) is 1.80. The molecule has 0 aromatic rings. The first-order valence-electron chi connectivity index (χ1n) is 7.10. The van der Waals surface area contributed by atoms with Crippen molar-refractivity contribution < 1.29 is 14.4 Å². The van der Waals surface area contributed by atoms with Gasteiger partial charge in [-0.25, -0.2) is 10.3 Å². The Morgan fingerprint density at radius 2 is 2.21 bits per heavy atom. The number of carbonyl (C=O) groups excluding carboxylic acids is 2. The number of hydroxylamine groups is 1. The van der Waals surface area contributed by atoms with Crippen LogP contribution in [0.1, 0.15) is 39.0 Å². The monoisotopic (exact) mass is 269 g/mol. The molecule has 0 unspecified atom stereocenters. The van der Waals surface area contributed by atoms with Crippen LogP contribution in [-0.2, 0) is 9.63 Å². The Kier molecular flexibility index (Phi) is 4.63. The van der Waals surface area contributed by atoms with Crippen molar-refractivity contribution in [3.05, 3.63) is 0 Å². The van der Waals surface area contributed by atoms with Crippen LogP contribution in [0.3, 0.4) is 0 Å². The third-order valence-corrected chi connectivity index (χ3v) is 3.98. The van der Waals surface area contributed by atoms with Gasteiger partial charge in [0.15, 0.2) is 0 Å². The van der Waals surface area contributed by atoms with Crippen LogP contribution in [0, 0.1) is 0 Å². The molecule has 0 aromatic heterocycles. The lowest BCUT2D eigenvalue weighted by atomic mass is 10.0. The SMILES string of the molecule is CCCCCONC(=O)[C@@H]1CC[C@@H]2CN1C(=O)N2C. The van der Waals surface area contributed by atoms with Crippen molar-refractivity contribution in [1.82, 2.24) is 15.3 Å². The lowest BCUT2D eigenvalue weighted by Gasteiger charge is -2.29. The number of amides is 3. The minimum absolute atomic E-state index is 0.0476. The van der Waals surface area contributed by atoms with E-state index in [9.17, 15) is 9.59 Å².